The predicted octanol–water partition coefficient (Wildman–Crippen LogP) is 3.56. The maximum Gasteiger partial charge on any atom is 0.313 e. The number of ether oxygens (including phenoxy) is 1. The van der Waals surface area contributed by atoms with Crippen LogP contribution < -0.4 is 10.1 Å². The van der Waals surface area contributed by atoms with Crippen molar-refractivity contribution < 1.29 is 13.9 Å². The number of amides is 1. The minimum absolute atomic E-state index is 0.0955. The Labute approximate surface area is 139 Å². The van der Waals surface area contributed by atoms with E-state index in [1.54, 1.807) is 19.2 Å². The van der Waals surface area contributed by atoms with Crippen molar-refractivity contribution in [3.8, 4) is 17.2 Å². The first-order chi connectivity index (χ1) is 11.7. The fraction of sp³-hybridized carbons (Fsp3) is 0.167. The topological polar surface area (TPSA) is 77.2 Å². The summed E-state index contributed by atoms with van der Waals surface area (Å²) in [5.41, 5.74) is 2.41. The van der Waals surface area contributed by atoms with Gasteiger partial charge in [0.05, 0.1) is 12.7 Å². The molecule has 3 aromatic rings. The van der Waals surface area contributed by atoms with Gasteiger partial charge < -0.3 is 14.5 Å². The minimum atomic E-state index is -0.440. The van der Waals surface area contributed by atoms with Gasteiger partial charge in [0.25, 0.3) is 5.89 Å². The molecular formula is C18H17N3O3. The number of nitrogens with one attached hydrogen (secondary N) is 1. The van der Waals surface area contributed by atoms with Crippen molar-refractivity contribution in [3.63, 3.8) is 0 Å². The van der Waals surface area contributed by atoms with Gasteiger partial charge in [-0.15, -0.1) is 10.2 Å². The summed E-state index contributed by atoms with van der Waals surface area (Å²) >= 11 is 0. The summed E-state index contributed by atoms with van der Waals surface area (Å²) in [4.78, 5) is 12.3. The van der Waals surface area contributed by atoms with Crippen molar-refractivity contribution in [2.24, 2.45) is 0 Å². The molecule has 0 unspecified atom stereocenters. The maximum absolute atomic E-state index is 12.3. The number of aromatic nitrogens is 2. The Morgan fingerprint density at radius 2 is 1.88 bits per heavy atom. The van der Waals surface area contributed by atoms with Crippen LogP contribution in [0, 0.1) is 0 Å². The summed E-state index contributed by atoms with van der Waals surface area (Å²) in [5.74, 6) is 0.303. The van der Waals surface area contributed by atoms with E-state index >= 15 is 0 Å². The van der Waals surface area contributed by atoms with Crippen LogP contribution in [0.3, 0.4) is 0 Å². The Kier molecular flexibility index (Phi) is 4.56. The first-order valence-corrected chi connectivity index (χ1v) is 7.59. The zero-order valence-electron chi connectivity index (χ0n) is 13.4. The summed E-state index contributed by atoms with van der Waals surface area (Å²) in [7, 11) is 1.56. The van der Waals surface area contributed by atoms with Crippen LogP contribution >= 0.6 is 0 Å². The summed E-state index contributed by atoms with van der Waals surface area (Å²) < 4.78 is 10.8. The van der Waals surface area contributed by atoms with Gasteiger partial charge in [-0.05, 0) is 30.2 Å². The molecule has 0 atom stereocenters. The fourth-order valence-corrected chi connectivity index (χ4v) is 2.37. The molecular weight excluding hydrogens is 306 g/mol. The summed E-state index contributed by atoms with van der Waals surface area (Å²) in [6, 6.07) is 14.9. The SMILES string of the molecule is CCc1ccccc1NC(=O)c1nnc(-c2ccccc2OC)o1. The Morgan fingerprint density at radius 3 is 2.67 bits per heavy atom. The molecule has 0 radical (unpaired) electrons. The largest absolute Gasteiger partial charge is 0.496 e. The first kappa shape index (κ1) is 15.7. The van der Waals surface area contributed by atoms with Crippen molar-refractivity contribution in [3.05, 3.63) is 60.0 Å². The first-order valence-electron chi connectivity index (χ1n) is 7.59. The number of aryl methyl sites for hydroxylation is 1. The number of benzene rings is 2. The van der Waals surface area contributed by atoms with Gasteiger partial charge >= 0.3 is 11.8 Å². The highest BCUT2D eigenvalue weighted by Gasteiger charge is 2.18. The van der Waals surface area contributed by atoms with Crippen LogP contribution in [0.25, 0.3) is 11.5 Å². The number of hydrogen-bond donors (Lipinski definition) is 1. The molecule has 0 saturated heterocycles. The van der Waals surface area contributed by atoms with E-state index in [1.165, 1.54) is 0 Å². The van der Waals surface area contributed by atoms with E-state index in [2.05, 4.69) is 15.5 Å². The molecule has 0 aliphatic heterocycles. The number of carbonyl (C=O) groups excluding carboxylic acids is 1. The van der Waals surface area contributed by atoms with E-state index < -0.39 is 5.91 Å². The van der Waals surface area contributed by atoms with Crippen molar-refractivity contribution >= 4 is 11.6 Å². The zero-order chi connectivity index (χ0) is 16.9. The number of methoxy groups -OCH3 is 1. The second kappa shape index (κ2) is 6.95. The van der Waals surface area contributed by atoms with Crippen molar-refractivity contribution in [1.29, 1.82) is 0 Å². The second-order valence-corrected chi connectivity index (χ2v) is 5.08. The quantitative estimate of drug-likeness (QED) is 0.777. The molecule has 0 spiro atoms. The molecule has 24 heavy (non-hydrogen) atoms. The van der Waals surface area contributed by atoms with Gasteiger partial charge in [0.15, 0.2) is 0 Å². The molecule has 0 bridgehead atoms. The Hall–Kier alpha value is -3.15. The van der Waals surface area contributed by atoms with Crippen LogP contribution in [0.4, 0.5) is 5.69 Å². The highest BCUT2D eigenvalue weighted by atomic mass is 16.5. The van der Waals surface area contributed by atoms with Crippen LogP contribution in [0.2, 0.25) is 0 Å². The normalized spacial score (nSPS) is 10.4. The number of anilines is 1. The van der Waals surface area contributed by atoms with Gasteiger partial charge in [-0.3, -0.25) is 4.79 Å². The van der Waals surface area contributed by atoms with E-state index in [4.69, 9.17) is 9.15 Å². The molecule has 6 nitrogen and oxygen atoms in total. The summed E-state index contributed by atoms with van der Waals surface area (Å²) in [6.45, 7) is 2.03. The molecule has 122 valence electrons. The lowest BCUT2D eigenvalue weighted by atomic mass is 10.1. The van der Waals surface area contributed by atoms with Crippen LogP contribution in [0.1, 0.15) is 23.2 Å². The van der Waals surface area contributed by atoms with Crippen LogP contribution in [-0.4, -0.2) is 23.2 Å². The number of rotatable bonds is 5. The molecule has 1 aromatic heterocycles. The molecule has 1 heterocycles. The highest BCUT2D eigenvalue weighted by Crippen LogP contribution is 2.28. The summed E-state index contributed by atoms with van der Waals surface area (Å²) in [5, 5.41) is 10.6. The minimum Gasteiger partial charge on any atom is -0.496 e. The van der Waals surface area contributed by atoms with Gasteiger partial charge in [-0.25, -0.2) is 0 Å². The molecule has 1 N–H and O–H groups in total. The second-order valence-electron chi connectivity index (χ2n) is 5.08. The lowest BCUT2D eigenvalue weighted by molar-refractivity contribution is 0.0990. The third kappa shape index (κ3) is 3.12. The molecule has 2 aromatic carbocycles. The highest BCUT2D eigenvalue weighted by molar-refractivity contribution is 6.01. The van der Waals surface area contributed by atoms with Gasteiger partial charge in [0.2, 0.25) is 0 Å². The average Bonchev–Trinajstić information content (AvgIpc) is 3.12. The molecule has 0 fully saturated rings. The third-order valence-electron chi connectivity index (χ3n) is 3.60. The monoisotopic (exact) mass is 323 g/mol. The van der Waals surface area contributed by atoms with Crippen LogP contribution in [0.15, 0.2) is 52.9 Å². The lowest BCUT2D eigenvalue weighted by Crippen LogP contribution is -2.13. The van der Waals surface area contributed by atoms with Crippen LogP contribution in [-0.2, 0) is 6.42 Å². The maximum atomic E-state index is 12.3. The number of para-hydroxylation sites is 2. The van der Waals surface area contributed by atoms with E-state index in [0.717, 1.165) is 17.7 Å². The Balaban J connectivity index is 1.84. The van der Waals surface area contributed by atoms with E-state index in [-0.39, 0.29) is 11.8 Å². The molecule has 3 rings (SSSR count). The lowest BCUT2D eigenvalue weighted by Gasteiger charge is -2.07. The third-order valence-corrected chi connectivity index (χ3v) is 3.60. The fourth-order valence-electron chi connectivity index (χ4n) is 2.37. The standard InChI is InChI=1S/C18H17N3O3/c1-3-12-8-4-6-10-14(12)19-16(22)18-21-20-17(24-18)13-9-5-7-11-15(13)23-2/h4-11H,3H2,1-2H3,(H,19,22). The molecule has 6 heteroatoms. The van der Waals surface area contributed by atoms with Gasteiger partial charge in [-0.2, -0.15) is 0 Å². The average molecular weight is 323 g/mol. The number of carbonyl (C=O) groups is 1. The zero-order valence-corrected chi connectivity index (χ0v) is 13.4. The molecule has 0 aliphatic rings. The van der Waals surface area contributed by atoms with Gasteiger partial charge in [-0.1, -0.05) is 37.3 Å². The summed E-state index contributed by atoms with van der Waals surface area (Å²) in [6.07, 6.45) is 0.812. The number of nitrogens with zero attached hydrogens (tertiary/aromatic N) is 2. The predicted molar refractivity (Wildman–Crippen MR) is 90.1 cm³/mol. The van der Waals surface area contributed by atoms with Crippen molar-refractivity contribution in [2.45, 2.75) is 13.3 Å². The Morgan fingerprint density at radius 1 is 1.12 bits per heavy atom. The van der Waals surface area contributed by atoms with E-state index in [1.807, 2.05) is 43.3 Å². The Bertz CT molecular complexity index is 858. The van der Waals surface area contributed by atoms with E-state index in [9.17, 15) is 4.79 Å². The molecule has 1 amide bonds. The molecule has 0 saturated carbocycles. The molecule has 0 aliphatic carbocycles. The van der Waals surface area contributed by atoms with Gasteiger partial charge in [0.1, 0.15) is 5.75 Å². The smallest absolute Gasteiger partial charge is 0.313 e. The van der Waals surface area contributed by atoms with Crippen LogP contribution in [0.5, 0.6) is 5.75 Å². The van der Waals surface area contributed by atoms with Gasteiger partial charge in [0, 0.05) is 5.69 Å². The van der Waals surface area contributed by atoms with Crippen molar-refractivity contribution in [1.82, 2.24) is 10.2 Å². The van der Waals surface area contributed by atoms with E-state index in [0.29, 0.717) is 11.3 Å². The number of hydrogen-bond acceptors (Lipinski definition) is 5. The van der Waals surface area contributed by atoms with Crippen molar-refractivity contribution in [2.75, 3.05) is 12.4 Å².